The van der Waals surface area contributed by atoms with Crippen LogP contribution < -0.4 is 10.6 Å². The van der Waals surface area contributed by atoms with Crippen molar-refractivity contribution in [2.24, 2.45) is 5.92 Å². The van der Waals surface area contributed by atoms with Gasteiger partial charge in [0.25, 0.3) is 0 Å². The Balaban J connectivity index is 0.00000161. The number of carbonyl (C=O) groups excluding carboxylic acids is 1. The van der Waals surface area contributed by atoms with E-state index >= 15 is 0 Å². The number of carbonyl (C=O) groups is 1. The summed E-state index contributed by atoms with van der Waals surface area (Å²) in [5.41, 5.74) is 1.10. The average molecular weight is 305 g/mol. The van der Waals surface area contributed by atoms with Crippen LogP contribution in [0.4, 0.5) is 0 Å². The fraction of sp³-hybridized carbons (Fsp3) is 0.353. The van der Waals surface area contributed by atoms with Gasteiger partial charge in [-0.3, -0.25) is 4.79 Å². The van der Waals surface area contributed by atoms with Crippen molar-refractivity contribution in [3.63, 3.8) is 0 Å². The van der Waals surface area contributed by atoms with E-state index in [4.69, 9.17) is 0 Å². The Morgan fingerprint density at radius 1 is 1.19 bits per heavy atom. The van der Waals surface area contributed by atoms with Gasteiger partial charge in [0.1, 0.15) is 0 Å². The second kappa shape index (κ2) is 7.43. The highest BCUT2D eigenvalue weighted by Gasteiger charge is 2.15. The smallest absolute Gasteiger partial charge is 0.224 e. The predicted molar refractivity (Wildman–Crippen MR) is 88.9 cm³/mol. The Morgan fingerprint density at radius 2 is 2.00 bits per heavy atom. The monoisotopic (exact) mass is 304 g/mol. The van der Waals surface area contributed by atoms with Gasteiger partial charge in [0, 0.05) is 6.54 Å². The van der Waals surface area contributed by atoms with E-state index in [0.29, 0.717) is 12.3 Å². The molecular weight excluding hydrogens is 284 g/mol. The van der Waals surface area contributed by atoms with Crippen molar-refractivity contribution < 1.29 is 4.79 Å². The maximum atomic E-state index is 12.1. The van der Waals surface area contributed by atoms with E-state index in [2.05, 4.69) is 28.8 Å². The maximum absolute atomic E-state index is 12.1. The van der Waals surface area contributed by atoms with E-state index in [1.54, 1.807) is 0 Å². The fourth-order valence-electron chi connectivity index (χ4n) is 2.83. The van der Waals surface area contributed by atoms with E-state index in [1.807, 2.05) is 24.3 Å². The highest BCUT2D eigenvalue weighted by atomic mass is 35.5. The van der Waals surface area contributed by atoms with Crippen molar-refractivity contribution in [1.29, 1.82) is 0 Å². The number of hydrogen-bond acceptors (Lipinski definition) is 2. The van der Waals surface area contributed by atoms with Crippen LogP contribution in [0.15, 0.2) is 42.5 Å². The van der Waals surface area contributed by atoms with Gasteiger partial charge in [0.2, 0.25) is 5.91 Å². The zero-order chi connectivity index (χ0) is 13.8. The lowest BCUT2D eigenvalue weighted by Crippen LogP contribution is -2.31. The van der Waals surface area contributed by atoms with Crippen LogP contribution in [-0.4, -0.2) is 25.5 Å². The molecule has 1 saturated heterocycles. The number of benzene rings is 2. The summed E-state index contributed by atoms with van der Waals surface area (Å²) < 4.78 is 0. The first-order valence-electron chi connectivity index (χ1n) is 7.27. The zero-order valence-electron chi connectivity index (χ0n) is 12.0. The van der Waals surface area contributed by atoms with E-state index in [-0.39, 0.29) is 18.3 Å². The Morgan fingerprint density at radius 3 is 2.81 bits per heavy atom. The number of halogens is 1. The molecule has 1 amide bonds. The molecule has 1 aliphatic rings. The molecule has 0 aromatic heterocycles. The maximum Gasteiger partial charge on any atom is 0.224 e. The van der Waals surface area contributed by atoms with Gasteiger partial charge in [-0.2, -0.15) is 0 Å². The summed E-state index contributed by atoms with van der Waals surface area (Å²) in [5, 5.41) is 8.74. The highest BCUT2D eigenvalue weighted by Crippen LogP contribution is 2.18. The lowest BCUT2D eigenvalue weighted by atomic mass is 10.0. The molecule has 0 radical (unpaired) electrons. The van der Waals surface area contributed by atoms with Crippen molar-refractivity contribution in [2.75, 3.05) is 19.6 Å². The first-order chi connectivity index (χ1) is 9.83. The second-order valence-electron chi connectivity index (χ2n) is 5.48. The molecule has 1 atom stereocenters. The molecule has 2 aromatic rings. The number of amides is 1. The van der Waals surface area contributed by atoms with Gasteiger partial charge in [-0.1, -0.05) is 42.5 Å². The van der Waals surface area contributed by atoms with Crippen molar-refractivity contribution in [3.05, 3.63) is 48.0 Å². The standard InChI is InChI=1S/C17H20N2O.ClH/c20-17(19-12-13-8-9-18-11-13)10-15-6-3-5-14-4-1-2-7-16(14)15;/h1-7,13,18H,8-12H2,(H,19,20);1H. The Kier molecular flexibility index (Phi) is 5.59. The second-order valence-corrected chi connectivity index (χ2v) is 5.48. The molecule has 2 N–H and O–H groups in total. The molecule has 1 unspecified atom stereocenters. The molecular formula is C17H21ClN2O. The number of hydrogen-bond donors (Lipinski definition) is 2. The summed E-state index contributed by atoms with van der Waals surface area (Å²) in [5.74, 6) is 0.708. The molecule has 4 heteroatoms. The number of nitrogens with one attached hydrogen (secondary N) is 2. The van der Waals surface area contributed by atoms with Crippen LogP contribution in [0.1, 0.15) is 12.0 Å². The van der Waals surface area contributed by atoms with Gasteiger partial charge in [0.05, 0.1) is 6.42 Å². The third-order valence-electron chi connectivity index (χ3n) is 3.98. The molecule has 1 heterocycles. The lowest BCUT2D eigenvalue weighted by molar-refractivity contribution is -0.120. The third-order valence-corrected chi connectivity index (χ3v) is 3.98. The van der Waals surface area contributed by atoms with Crippen LogP contribution in [0.25, 0.3) is 10.8 Å². The van der Waals surface area contributed by atoms with Crippen LogP contribution in [0.2, 0.25) is 0 Å². The molecule has 0 saturated carbocycles. The Bertz CT molecular complexity index is 603. The third kappa shape index (κ3) is 3.96. The first-order valence-corrected chi connectivity index (χ1v) is 7.27. The molecule has 3 rings (SSSR count). The van der Waals surface area contributed by atoms with Crippen LogP contribution in [-0.2, 0) is 11.2 Å². The Labute approximate surface area is 131 Å². The van der Waals surface area contributed by atoms with Crippen LogP contribution >= 0.6 is 12.4 Å². The van der Waals surface area contributed by atoms with Gasteiger partial charge in [-0.15, -0.1) is 12.4 Å². The summed E-state index contributed by atoms with van der Waals surface area (Å²) in [6.07, 6.45) is 1.62. The van der Waals surface area contributed by atoms with Gasteiger partial charge in [0.15, 0.2) is 0 Å². The van der Waals surface area contributed by atoms with E-state index in [9.17, 15) is 4.79 Å². The summed E-state index contributed by atoms with van der Waals surface area (Å²) >= 11 is 0. The minimum absolute atomic E-state index is 0. The molecule has 0 bridgehead atoms. The zero-order valence-corrected chi connectivity index (χ0v) is 12.8. The number of fused-ring (bicyclic) bond motifs is 1. The molecule has 2 aromatic carbocycles. The lowest BCUT2D eigenvalue weighted by Gasteiger charge is -2.11. The summed E-state index contributed by atoms with van der Waals surface area (Å²) in [4.78, 5) is 12.1. The van der Waals surface area contributed by atoms with Crippen molar-refractivity contribution in [3.8, 4) is 0 Å². The van der Waals surface area contributed by atoms with Gasteiger partial charge >= 0.3 is 0 Å². The SMILES string of the molecule is Cl.O=C(Cc1cccc2ccccc12)NCC1CCNC1. The molecule has 3 nitrogen and oxygen atoms in total. The number of rotatable bonds is 4. The van der Waals surface area contributed by atoms with E-state index in [1.165, 1.54) is 10.8 Å². The first kappa shape index (κ1) is 15.8. The largest absolute Gasteiger partial charge is 0.355 e. The molecule has 1 aliphatic heterocycles. The Hall–Kier alpha value is -1.58. The summed E-state index contributed by atoms with van der Waals surface area (Å²) in [7, 11) is 0. The topological polar surface area (TPSA) is 41.1 Å². The van der Waals surface area contributed by atoms with Gasteiger partial charge < -0.3 is 10.6 Å². The average Bonchev–Trinajstić information content (AvgIpc) is 2.99. The molecule has 1 fully saturated rings. The highest BCUT2D eigenvalue weighted by molar-refractivity contribution is 5.90. The van der Waals surface area contributed by atoms with Gasteiger partial charge in [-0.25, -0.2) is 0 Å². The molecule has 0 aliphatic carbocycles. The summed E-state index contributed by atoms with van der Waals surface area (Å²) in [6.45, 7) is 2.88. The van der Waals surface area contributed by atoms with E-state index in [0.717, 1.165) is 31.6 Å². The van der Waals surface area contributed by atoms with Crippen LogP contribution in [0, 0.1) is 5.92 Å². The molecule has 21 heavy (non-hydrogen) atoms. The summed E-state index contributed by atoms with van der Waals surface area (Å²) in [6, 6.07) is 14.4. The minimum atomic E-state index is 0. The quantitative estimate of drug-likeness (QED) is 0.911. The predicted octanol–water partition coefficient (Wildman–Crippen LogP) is 2.53. The van der Waals surface area contributed by atoms with Crippen molar-refractivity contribution >= 4 is 29.1 Å². The van der Waals surface area contributed by atoms with Crippen molar-refractivity contribution in [2.45, 2.75) is 12.8 Å². The normalized spacial score (nSPS) is 17.4. The minimum Gasteiger partial charge on any atom is -0.355 e. The molecule has 0 spiro atoms. The fourth-order valence-corrected chi connectivity index (χ4v) is 2.83. The van der Waals surface area contributed by atoms with Crippen LogP contribution in [0.3, 0.4) is 0 Å². The van der Waals surface area contributed by atoms with Crippen molar-refractivity contribution in [1.82, 2.24) is 10.6 Å². The van der Waals surface area contributed by atoms with Crippen LogP contribution in [0.5, 0.6) is 0 Å². The van der Waals surface area contributed by atoms with E-state index < -0.39 is 0 Å². The van der Waals surface area contributed by atoms with Gasteiger partial charge in [-0.05, 0) is 41.8 Å². The molecule has 112 valence electrons.